The van der Waals surface area contributed by atoms with Gasteiger partial charge in [0.15, 0.2) is 0 Å². The van der Waals surface area contributed by atoms with Crippen LogP contribution in [0.3, 0.4) is 0 Å². The number of amides is 1. The molecule has 5 heteroatoms. The maximum atomic E-state index is 12.2. The van der Waals surface area contributed by atoms with Crippen molar-refractivity contribution in [3.8, 4) is 5.69 Å². The number of nitrogens with zero attached hydrogens (tertiary/aromatic N) is 3. The zero-order chi connectivity index (χ0) is 15.0. The molecule has 4 nitrogen and oxygen atoms in total. The summed E-state index contributed by atoms with van der Waals surface area (Å²) in [5.41, 5.74) is 3.06. The Kier molecular flexibility index (Phi) is 3.72. The normalized spacial score (nSPS) is 18.5. The average molecular weight is 304 g/mol. The van der Waals surface area contributed by atoms with E-state index in [1.807, 2.05) is 48.9 Å². The standard InChI is InChI=1S/C16H18ClN3O/c1-11-3-5-14(6-4-11)20-15(7-12(2)18-20)19-10-13(9-17)8-16(19)21/h3-7,13H,8-10H2,1-2H3. The van der Waals surface area contributed by atoms with Crippen LogP contribution < -0.4 is 4.90 Å². The largest absolute Gasteiger partial charge is 0.296 e. The molecule has 1 fully saturated rings. The monoisotopic (exact) mass is 303 g/mol. The van der Waals surface area contributed by atoms with Crippen molar-refractivity contribution in [2.75, 3.05) is 17.3 Å². The van der Waals surface area contributed by atoms with Crippen LogP contribution in [-0.4, -0.2) is 28.1 Å². The Hall–Kier alpha value is -1.81. The Morgan fingerprint density at radius 1 is 1.29 bits per heavy atom. The number of hydrogen-bond donors (Lipinski definition) is 0. The van der Waals surface area contributed by atoms with E-state index in [1.54, 1.807) is 4.90 Å². The third kappa shape index (κ3) is 2.68. The minimum atomic E-state index is 0.119. The molecule has 1 aliphatic rings. The lowest BCUT2D eigenvalue weighted by atomic mass is 10.1. The third-order valence-corrected chi connectivity index (χ3v) is 4.23. The van der Waals surface area contributed by atoms with Gasteiger partial charge in [0.25, 0.3) is 0 Å². The third-order valence-electron chi connectivity index (χ3n) is 3.79. The lowest BCUT2D eigenvalue weighted by Gasteiger charge is -2.18. The van der Waals surface area contributed by atoms with Gasteiger partial charge in [-0.1, -0.05) is 17.7 Å². The molecule has 1 amide bonds. The van der Waals surface area contributed by atoms with Gasteiger partial charge in [0.1, 0.15) is 5.82 Å². The molecule has 0 N–H and O–H groups in total. The van der Waals surface area contributed by atoms with Crippen molar-refractivity contribution in [3.05, 3.63) is 41.6 Å². The molecule has 1 atom stereocenters. The van der Waals surface area contributed by atoms with E-state index >= 15 is 0 Å². The van der Waals surface area contributed by atoms with Crippen LogP contribution in [-0.2, 0) is 4.79 Å². The Morgan fingerprint density at radius 3 is 2.62 bits per heavy atom. The lowest BCUT2D eigenvalue weighted by molar-refractivity contribution is -0.117. The highest BCUT2D eigenvalue weighted by atomic mass is 35.5. The number of halogens is 1. The molecule has 0 radical (unpaired) electrons. The molecule has 0 bridgehead atoms. The molecule has 1 aromatic carbocycles. The summed E-state index contributed by atoms with van der Waals surface area (Å²) in [6.45, 7) is 4.65. The summed E-state index contributed by atoms with van der Waals surface area (Å²) in [6.07, 6.45) is 0.516. The van der Waals surface area contributed by atoms with Crippen LogP contribution >= 0.6 is 11.6 Å². The van der Waals surface area contributed by atoms with Gasteiger partial charge >= 0.3 is 0 Å². The molecule has 1 saturated heterocycles. The maximum absolute atomic E-state index is 12.2. The summed E-state index contributed by atoms with van der Waals surface area (Å²) in [4.78, 5) is 14.0. The Bertz CT molecular complexity index is 663. The lowest BCUT2D eigenvalue weighted by Crippen LogP contribution is -2.27. The van der Waals surface area contributed by atoms with Gasteiger partial charge in [-0.15, -0.1) is 11.6 Å². The van der Waals surface area contributed by atoms with Crippen molar-refractivity contribution in [2.24, 2.45) is 5.92 Å². The molecule has 0 aliphatic carbocycles. The van der Waals surface area contributed by atoms with Gasteiger partial charge in [-0.25, -0.2) is 4.68 Å². The van der Waals surface area contributed by atoms with E-state index in [-0.39, 0.29) is 11.8 Å². The molecule has 1 aliphatic heterocycles. The van der Waals surface area contributed by atoms with Crippen molar-refractivity contribution in [3.63, 3.8) is 0 Å². The zero-order valence-electron chi connectivity index (χ0n) is 12.2. The second kappa shape index (κ2) is 5.53. The number of rotatable bonds is 3. The highest BCUT2D eigenvalue weighted by molar-refractivity contribution is 6.18. The minimum absolute atomic E-state index is 0.119. The summed E-state index contributed by atoms with van der Waals surface area (Å²) >= 11 is 5.90. The number of alkyl halides is 1. The second-order valence-electron chi connectivity index (χ2n) is 5.62. The molecular weight excluding hydrogens is 286 g/mol. The fourth-order valence-corrected chi connectivity index (χ4v) is 2.87. The first kappa shape index (κ1) is 14.1. The summed E-state index contributed by atoms with van der Waals surface area (Å²) in [5.74, 6) is 1.68. The summed E-state index contributed by atoms with van der Waals surface area (Å²) < 4.78 is 1.84. The fourth-order valence-electron chi connectivity index (χ4n) is 2.66. The Balaban J connectivity index is 2.00. The van der Waals surface area contributed by atoms with Crippen molar-refractivity contribution < 1.29 is 4.79 Å². The van der Waals surface area contributed by atoms with Gasteiger partial charge in [-0.2, -0.15) is 5.10 Å². The van der Waals surface area contributed by atoms with Gasteiger partial charge in [0.2, 0.25) is 5.91 Å². The first-order valence-electron chi connectivity index (χ1n) is 7.08. The SMILES string of the molecule is Cc1ccc(-n2nc(C)cc2N2CC(CCl)CC2=O)cc1. The first-order valence-corrected chi connectivity index (χ1v) is 7.62. The Morgan fingerprint density at radius 2 is 2.00 bits per heavy atom. The number of carbonyl (C=O) groups is 1. The minimum Gasteiger partial charge on any atom is -0.296 e. The average Bonchev–Trinajstić information content (AvgIpc) is 3.02. The van der Waals surface area contributed by atoms with E-state index in [0.717, 1.165) is 17.2 Å². The number of anilines is 1. The topological polar surface area (TPSA) is 38.1 Å². The van der Waals surface area contributed by atoms with Gasteiger partial charge in [0, 0.05) is 24.9 Å². The second-order valence-corrected chi connectivity index (χ2v) is 5.93. The van der Waals surface area contributed by atoms with Crippen LogP contribution in [0.4, 0.5) is 5.82 Å². The van der Waals surface area contributed by atoms with Crippen molar-refractivity contribution in [1.82, 2.24) is 9.78 Å². The number of carbonyl (C=O) groups excluding carboxylic acids is 1. The molecule has 1 aromatic heterocycles. The van der Waals surface area contributed by atoms with Crippen LogP contribution in [0.15, 0.2) is 30.3 Å². The van der Waals surface area contributed by atoms with Crippen molar-refractivity contribution in [2.45, 2.75) is 20.3 Å². The fraction of sp³-hybridized carbons (Fsp3) is 0.375. The smallest absolute Gasteiger partial charge is 0.228 e. The van der Waals surface area contributed by atoms with Crippen molar-refractivity contribution in [1.29, 1.82) is 0 Å². The molecule has 110 valence electrons. The predicted molar refractivity (Wildman–Crippen MR) is 84.2 cm³/mol. The highest BCUT2D eigenvalue weighted by Crippen LogP contribution is 2.28. The quantitative estimate of drug-likeness (QED) is 0.817. The van der Waals surface area contributed by atoms with Gasteiger partial charge in [-0.3, -0.25) is 9.69 Å². The van der Waals surface area contributed by atoms with E-state index in [9.17, 15) is 4.79 Å². The summed E-state index contributed by atoms with van der Waals surface area (Å²) in [5, 5.41) is 4.53. The van der Waals surface area contributed by atoms with Gasteiger partial charge in [0.05, 0.1) is 11.4 Å². The molecule has 0 spiro atoms. The van der Waals surface area contributed by atoms with E-state index in [1.165, 1.54) is 5.56 Å². The zero-order valence-corrected chi connectivity index (χ0v) is 13.0. The van der Waals surface area contributed by atoms with Crippen LogP contribution in [0.5, 0.6) is 0 Å². The van der Waals surface area contributed by atoms with E-state index < -0.39 is 0 Å². The first-order chi connectivity index (χ1) is 10.1. The number of hydrogen-bond acceptors (Lipinski definition) is 2. The van der Waals surface area contributed by atoms with Crippen LogP contribution in [0.2, 0.25) is 0 Å². The Labute approximate surface area is 129 Å². The van der Waals surface area contributed by atoms with E-state index in [4.69, 9.17) is 11.6 Å². The summed E-state index contributed by atoms with van der Waals surface area (Å²) in [7, 11) is 0. The maximum Gasteiger partial charge on any atom is 0.228 e. The highest BCUT2D eigenvalue weighted by Gasteiger charge is 2.32. The summed E-state index contributed by atoms with van der Waals surface area (Å²) in [6, 6.07) is 10.1. The predicted octanol–water partition coefficient (Wildman–Crippen LogP) is 3.08. The number of aryl methyl sites for hydroxylation is 2. The number of benzene rings is 1. The van der Waals surface area contributed by atoms with Crippen LogP contribution in [0.25, 0.3) is 5.69 Å². The van der Waals surface area contributed by atoms with Crippen LogP contribution in [0, 0.1) is 19.8 Å². The molecular formula is C16H18ClN3O. The molecule has 3 rings (SSSR count). The molecule has 21 heavy (non-hydrogen) atoms. The molecule has 2 aromatic rings. The van der Waals surface area contributed by atoms with Crippen molar-refractivity contribution >= 4 is 23.3 Å². The molecule has 1 unspecified atom stereocenters. The molecule has 2 heterocycles. The molecule has 0 saturated carbocycles. The van der Waals surface area contributed by atoms with E-state index in [0.29, 0.717) is 18.8 Å². The van der Waals surface area contributed by atoms with E-state index in [2.05, 4.69) is 5.10 Å². The van der Waals surface area contributed by atoms with Gasteiger partial charge < -0.3 is 0 Å². The van der Waals surface area contributed by atoms with Gasteiger partial charge in [-0.05, 0) is 31.9 Å². The number of aromatic nitrogens is 2. The van der Waals surface area contributed by atoms with Crippen LogP contribution in [0.1, 0.15) is 17.7 Å².